The molecular weight excluding hydrogens is 525 g/mol. The number of rotatable bonds is 5. The summed E-state index contributed by atoms with van der Waals surface area (Å²) >= 11 is 16.1. The standard InChI is InChI=1S/C15H14ClFN6O.C7H3Cl2FO/c1-8-5-9(3-4-10(8)17)6-18-15(24)12-13-11(19-7-20-12)14(21-16)22-23(13)2;8-5-3-4(7(9)11)1-2-6(5)10/h3-5,7H,6H2,1-2H3,(H,18,24)(H,21,22);1-3H. The average Bonchev–Trinajstić information content (AvgIpc) is 3.17. The number of nitrogens with one attached hydrogen (secondary N) is 2. The molecule has 2 N–H and O–H groups in total. The van der Waals surface area contributed by atoms with Crippen molar-refractivity contribution >= 4 is 63.0 Å². The predicted molar refractivity (Wildman–Crippen MR) is 130 cm³/mol. The van der Waals surface area contributed by atoms with Crippen LogP contribution in [0, 0.1) is 18.6 Å². The number of nitrogens with zero attached hydrogens (tertiary/aromatic N) is 4. The van der Waals surface area contributed by atoms with Gasteiger partial charge in [-0.2, -0.15) is 5.10 Å². The molecule has 0 fully saturated rings. The number of amides is 1. The Labute approximate surface area is 213 Å². The summed E-state index contributed by atoms with van der Waals surface area (Å²) in [6.07, 6.45) is 1.28. The second-order valence-corrected chi connectivity index (χ2v) is 8.09. The van der Waals surface area contributed by atoms with E-state index in [1.807, 2.05) is 0 Å². The van der Waals surface area contributed by atoms with Gasteiger partial charge in [-0.3, -0.25) is 19.1 Å². The minimum atomic E-state index is -0.646. The molecule has 35 heavy (non-hydrogen) atoms. The van der Waals surface area contributed by atoms with Gasteiger partial charge >= 0.3 is 0 Å². The largest absolute Gasteiger partial charge is 0.347 e. The van der Waals surface area contributed by atoms with E-state index < -0.39 is 11.1 Å². The topological polar surface area (TPSA) is 102 Å². The van der Waals surface area contributed by atoms with Gasteiger partial charge < -0.3 is 5.32 Å². The van der Waals surface area contributed by atoms with E-state index in [1.165, 1.54) is 29.2 Å². The van der Waals surface area contributed by atoms with Crippen LogP contribution in [0.3, 0.4) is 0 Å². The van der Waals surface area contributed by atoms with Crippen molar-refractivity contribution in [3.05, 3.63) is 81.8 Å². The summed E-state index contributed by atoms with van der Waals surface area (Å²) in [6.45, 7) is 1.93. The Balaban J connectivity index is 0.000000261. The molecule has 4 rings (SSSR count). The third-order valence-electron chi connectivity index (χ3n) is 4.75. The Morgan fingerprint density at radius 2 is 1.80 bits per heavy atom. The highest BCUT2D eigenvalue weighted by Crippen LogP contribution is 2.22. The van der Waals surface area contributed by atoms with Crippen molar-refractivity contribution in [2.24, 2.45) is 7.05 Å². The van der Waals surface area contributed by atoms with Crippen molar-refractivity contribution in [2.45, 2.75) is 13.5 Å². The number of fused-ring (bicyclic) bond motifs is 1. The van der Waals surface area contributed by atoms with Gasteiger partial charge in [-0.05, 0) is 53.9 Å². The average molecular weight is 542 g/mol. The van der Waals surface area contributed by atoms with Crippen molar-refractivity contribution in [2.75, 3.05) is 4.84 Å². The zero-order chi connectivity index (χ0) is 25.7. The lowest BCUT2D eigenvalue weighted by molar-refractivity contribution is 0.0946. The quantitative estimate of drug-likeness (QED) is 0.267. The van der Waals surface area contributed by atoms with Crippen molar-refractivity contribution in [3.63, 3.8) is 0 Å². The van der Waals surface area contributed by atoms with Crippen LogP contribution < -0.4 is 10.2 Å². The van der Waals surface area contributed by atoms with Crippen molar-refractivity contribution in [1.29, 1.82) is 0 Å². The molecule has 0 atom stereocenters. The van der Waals surface area contributed by atoms with Crippen LogP contribution in [-0.2, 0) is 13.6 Å². The molecule has 8 nitrogen and oxygen atoms in total. The third kappa shape index (κ3) is 6.21. The maximum atomic E-state index is 13.3. The monoisotopic (exact) mass is 540 g/mol. The minimum absolute atomic E-state index is 0.100. The molecule has 2 aromatic carbocycles. The number of carbonyl (C=O) groups excluding carboxylic acids is 2. The molecule has 13 heteroatoms. The molecule has 0 aliphatic rings. The van der Waals surface area contributed by atoms with E-state index in [0.717, 1.165) is 11.6 Å². The van der Waals surface area contributed by atoms with Gasteiger partial charge in [0, 0.05) is 30.9 Å². The van der Waals surface area contributed by atoms with E-state index in [4.69, 9.17) is 35.0 Å². The molecule has 2 heterocycles. The van der Waals surface area contributed by atoms with Crippen LogP contribution >= 0.6 is 35.0 Å². The predicted octanol–water partition coefficient (Wildman–Crippen LogP) is 5.16. The lowest BCUT2D eigenvalue weighted by Gasteiger charge is -2.07. The number of carbonyl (C=O) groups is 2. The fourth-order valence-corrected chi connectivity index (χ4v) is 3.46. The van der Waals surface area contributed by atoms with Crippen molar-refractivity contribution < 1.29 is 18.4 Å². The van der Waals surface area contributed by atoms with Crippen molar-refractivity contribution in [1.82, 2.24) is 25.1 Å². The summed E-state index contributed by atoms with van der Waals surface area (Å²) in [5.41, 5.74) is 2.61. The summed E-state index contributed by atoms with van der Waals surface area (Å²) in [7, 11) is 1.67. The lowest BCUT2D eigenvalue weighted by atomic mass is 10.1. The summed E-state index contributed by atoms with van der Waals surface area (Å²) in [4.78, 5) is 33.5. The second kappa shape index (κ2) is 11.4. The van der Waals surface area contributed by atoms with E-state index in [2.05, 4.69) is 25.2 Å². The molecule has 4 aromatic rings. The summed E-state index contributed by atoms with van der Waals surface area (Å²) in [5, 5.41) is 6.16. The van der Waals surface area contributed by atoms with Crippen molar-refractivity contribution in [3.8, 4) is 0 Å². The zero-order valence-electron chi connectivity index (χ0n) is 18.2. The Morgan fingerprint density at radius 3 is 2.43 bits per heavy atom. The van der Waals surface area contributed by atoms with Gasteiger partial charge in [0.05, 0.1) is 5.02 Å². The van der Waals surface area contributed by atoms with Gasteiger partial charge in [-0.25, -0.2) is 18.7 Å². The normalized spacial score (nSPS) is 10.5. The molecule has 1 amide bonds. The Bertz CT molecular complexity index is 1410. The molecule has 0 aliphatic heterocycles. The first-order chi connectivity index (χ1) is 16.6. The van der Waals surface area contributed by atoms with E-state index in [-0.39, 0.29) is 34.5 Å². The van der Waals surface area contributed by atoms with Crippen LogP contribution in [0.25, 0.3) is 11.0 Å². The first kappa shape index (κ1) is 26.3. The van der Waals surface area contributed by atoms with Gasteiger partial charge in [0.15, 0.2) is 11.5 Å². The molecule has 0 unspecified atom stereocenters. The number of aromatic nitrogens is 4. The Hall–Kier alpha value is -3.34. The number of hydrogen-bond donors (Lipinski definition) is 2. The number of hydrogen-bond acceptors (Lipinski definition) is 6. The maximum absolute atomic E-state index is 13.3. The minimum Gasteiger partial charge on any atom is -0.347 e. The molecule has 0 saturated carbocycles. The Morgan fingerprint density at radius 1 is 1.09 bits per heavy atom. The maximum Gasteiger partial charge on any atom is 0.272 e. The van der Waals surface area contributed by atoms with Crippen LogP contribution in [0.2, 0.25) is 5.02 Å². The van der Waals surface area contributed by atoms with E-state index >= 15 is 0 Å². The molecule has 0 saturated heterocycles. The van der Waals surface area contributed by atoms with E-state index in [9.17, 15) is 18.4 Å². The van der Waals surface area contributed by atoms with Crippen LogP contribution in [0.1, 0.15) is 32.0 Å². The summed E-state index contributed by atoms with van der Waals surface area (Å²) in [6, 6.07) is 8.24. The highest BCUT2D eigenvalue weighted by atomic mass is 35.5. The van der Waals surface area contributed by atoms with Gasteiger partial charge in [-0.1, -0.05) is 23.7 Å². The summed E-state index contributed by atoms with van der Waals surface area (Å²) < 4.78 is 27.2. The number of halogens is 5. The third-order valence-corrected chi connectivity index (χ3v) is 5.43. The number of aryl methyl sites for hydroxylation is 2. The van der Waals surface area contributed by atoms with Gasteiger partial charge in [0.1, 0.15) is 29.0 Å². The Kier molecular flexibility index (Phi) is 8.55. The van der Waals surface area contributed by atoms with Gasteiger partial charge in [-0.15, -0.1) is 0 Å². The van der Waals surface area contributed by atoms with E-state index in [0.29, 0.717) is 22.4 Å². The van der Waals surface area contributed by atoms with Crippen LogP contribution in [-0.4, -0.2) is 30.9 Å². The number of benzene rings is 2. The molecule has 0 bridgehead atoms. The smallest absolute Gasteiger partial charge is 0.272 e. The molecule has 2 aromatic heterocycles. The lowest BCUT2D eigenvalue weighted by Crippen LogP contribution is -2.24. The van der Waals surface area contributed by atoms with Gasteiger partial charge in [0.2, 0.25) is 0 Å². The molecule has 0 spiro atoms. The molecule has 0 aliphatic carbocycles. The van der Waals surface area contributed by atoms with Crippen LogP contribution in [0.15, 0.2) is 42.7 Å². The SMILES string of the molecule is Cc1cc(CNC(=O)c2ncnc3c(NCl)nn(C)c23)ccc1F.O=C(Cl)c1ccc(F)c(Cl)c1. The van der Waals surface area contributed by atoms with Crippen LogP contribution in [0.4, 0.5) is 14.6 Å². The van der Waals surface area contributed by atoms with E-state index in [1.54, 1.807) is 26.1 Å². The van der Waals surface area contributed by atoms with Crippen LogP contribution in [0.5, 0.6) is 0 Å². The number of anilines is 1. The first-order valence-electron chi connectivity index (χ1n) is 9.84. The molecular formula is C22H17Cl3F2N6O2. The second-order valence-electron chi connectivity index (χ2n) is 7.16. The fraction of sp³-hybridized carbons (Fsp3) is 0.136. The summed E-state index contributed by atoms with van der Waals surface area (Å²) in [5.74, 6) is -0.875. The first-order valence-corrected chi connectivity index (χ1v) is 11.0. The zero-order valence-corrected chi connectivity index (χ0v) is 20.5. The van der Waals surface area contributed by atoms with Gasteiger partial charge in [0.25, 0.3) is 11.1 Å². The molecule has 0 radical (unpaired) electrons. The molecule has 182 valence electrons. The highest BCUT2D eigenvalue weighted by molar-refractivity contribution is 6.67. The fourth-order valence-electron chi connectivity index (χ4n) is 3.04. The highest BCUT2D eigenvalue weighted by Gasteiger charge is 2.19.